The van der Waals surface area contributed by atoms with Gasteiger partial charge in [0.2, 0.25) is 17.7 Å². The second kappa shape index (κ2) is 19.2. The van der Waals surface area contributed by atoms with Crippen LogP contribution in [0.2, 0.25) is 0 Å². The van der Waals surface area contributed by atoms with E-state index < -0.39 is 29.7 Å². The molecule has 3 aromatic carbocycles. The molecule has 0 spiro atoms. The first kappa shape index (κ1) is 40.1. The van der Waals surface area contributed by atoms with Crippen molar-refractivity contribution >= 4 is 23.8 Å². The molecule has 1 aliphatic rings. The highest BCUT2D eigenvalue weighted by atomic mass is 16.6. The quantitative estimate of drug-likeness (QED) is 0.206. The van der Waals surface area contributed by atoms with E-state index in [2.05, 4.69) is 17.4 Å². The fraction of sp³-hybridized carbons (Fsp3) is 0.476. The van der Waals surface area contributed by atoms with Crippen molar-refractivity contribution in [2.45, 2.75) is 102 Å². The molecule has 4 amide bonds. The summed E-state index contributed by atoms with van der Waals surface area (Å²) in [6.45, 7) is 8.34. The predicted molar refractivity (Wildman–Crippen MR) is 204 cm³/mol. The van der Waals surface area contributed by atoms with Crippen LogP contribution in [0.3, 0.4) is 0 Å². The fourth-order valence-electron chi connectivity index (χ4n) is 6.51. The van der Waals surface area contributed by atoms with E-state index in [0.29, 0.717) is 45.3 Å². The zero-order valence-electron chi connectivity index (χ0n) is 31.5. The van der Waals surface area contributed by atoms with Gasteiger partial charge in [0, 0.05) is 45.2 Å². The third-order valence-electron chi connectivity index (χ3n) is 9.56. The summed E-state index contributed by atoms with van der Waals surface area (Å²) in [5, 5.41) is 2.98. The number of rotatable bonds is 16. The zero-order chi connectivity index (χ0) is 37.7. The molecule has 0 aromatic heterocycles. The summed E-state index contributed by atoms with van der Waals surface area (Å²) in [6.07, 6.45) is 3.35. The number of carbonyl (C=O) groups excluding carboxylic acids is 4. The van der Waals surface area contributed by atoms with Gasteiger partial charge in [0.1, 0.15) is 17.7 Å². The van der Waals surface area contributed by atoms with Gasteiger partial charge in [-0.05, 0) is 82.9 Å². The highest BCUT2D eigenvalue weighted by Crippen LogP contribution is 2.22. The summed E-state index contributed by atoms with van der Waals surface area (Å²) in [5.41, 5.74) is 9.06. The molecular formula is C42H57N5O5. The molecule has 0 aliphatic carbocycles. The number of amides is 4. The minimum absolute atomic E-state index is 0.0356. The summed E-state index contributed by atoms with van der Waals surface area (Å²) >= 11 is 0. The number of benzene rings is 3. The van der Waals surface area contributed by atoms with Crippen LogP contribution < -0.4 is 11.1 Å². The Morgan fingerprint density at radius 2 is 1.44 bits per heavy atom. The second-order valence-electron chi connectivity index (χ2n) is 14.9. The molecule has 0 unspecified atom stereocenters. The highest BCUT2D eigenvalue weighted by Gasteiger charge is 2.37. The van der Waals surface area contributed by atoms with Gasteiger partial charge in [-0.3, -0.25) is 19.3 Å². The summed E-state index contributed by atoms with van der Waals surface area (Å²) in [6, 6.07) is 27.6. The summed E-state index contributed by atoms with van der Waals surface area (Å²) in [7, 11) is 1.52. The number of nitrogens with one attached hydrogen (secondary N) is 1. The van der Waals surface area contributed by atoms with Crippen molar-refractivity contribution in [3.05, 3.63) is 108 Å². The van der Waals surface area contributed by atoms with Gasteiger partial charge in [0.15, 0.2) is 0 Å². The lowest BCUT2D eigenvalue weighted by Crippen LogP contribution is -2.56. The smallest absolute Gasteiger partial charge is 0.410 e. The van der Waals surface area contributed by atoms with Crippen molar-refractivity contribution in [1.82, 2.24) is 20.0 Å². The van der Waals surface area contributed by atoms with Gasteiger partial charge in [-0.25, -0.2) is 4.79 Å². The number of nitrogens with two attached hydrogens (primary N) is 1. The third kappa shape index (κ3) is 12.5. The largest absolute Gasteiger partial charge is 0.444 e. The van der Waals surface area contributed by atoms with Crippen LogP contribution in [0.15, 0.2) is 91.0 Å². The normalized spacial score (nSPS) is 16.0. The van der Waals surface area contributed by atoms with Crippen LogP contribution in [0.25, 0.3) is 0 Å². The number of hydrogen-bond donors (Lipinski definition) is 2. The number of hydrogen-bond acceptors (Lipinski definition) is 6. The standard InChI is InChI=1S/C42H57N5O5/c1-31(45(5)41(51)52-42(2,3)4)39(49)44-37(24-23-32-16-9-6-10-17-32)40(50)47-26-15-22-36(47)30-46(27-25-33-18-11-7-12-19-33)38(48)29-35(43)28-34-20-13-8-14-21-34/h6-14,16-21,31,35-37H,15,22-30,43H2,1-5H3,(H,44,49)/t31-,35+,36-,37-/m0/s1. The molecule has 280 valence electrons. The first-order chi connectivity index (χ1) is 24.8. The Morgan fingerprint density at radius 3 is 2.02 bits per heavy atom. The van der Waals surface area contributed by atoms with Crippen molar-refractivity contribution in [1.29, 1.82) is 0 Å². The first-order valence-electron chi connectivity index (χ1n) is 18.5. The van der Waals surface area contributed by atoms with Crippen LogP contribution in [0.4, 0.5) is 4.79 Å². The van der Waals surface area contributed by atoms with Crippen LogP contribution in [0.1, 0.15) is 70.1 Å². The molecule has 4 atom stereocenters. The maximum atomic E-state index is 14.4. The average Bonchev–Trinajstić information content (AvgIpc) is 3.59. The van der Waals surface area contributed by atoms with Gasteiger partial charge in [0.05, 0.1) is 0 Å². The molecule has 10 nitrogen and oxygen atoms in total. The number of carbonyl (C=O) groups is 4. The van der Waals surface area contributed by atoms with E-state index in [-0.39, 0.29) is 30.3 Å². The molecule has 0 radical (unpaired) electrons. The molecule has 10 heteroatoms. The monoisotopic (exact) mass is 711 g/mol. The minimum Gasteiger partial charge on any atom is -0.444 e. The van der Waals surface area contributed by atoms with E-state index in [4.69, 9.17) is 10.5 Å². The van der Waals surface area contributed by atoms with Gasteiger partial charge in [-0.2, -0.15) is 0 Å². The summed E-state index contributed by atoms with van der Waals surface area (Å²) < 4.78 is 5.47. The van der Waals surface area contributed by atoms with E-state index in [9.17, 15) is 19.2 Å². The molecule has 1 saturated heterocycles. The van der Waals surface area contributed by atoms with Crippen molar-refractivity contribution in [2.24, 2.45) is 5.73 Å². The molecule has 1 fully saturated rings. The maximum Gasteiger partial charge on any atom is 0.410 e. The summed E-state index contributed by atoms with van der Waals surface area (Å²) in [5.74, 6) is -0.663. The molecule has 1 aliphatic heterocycles. The first-order valence-corrected chi connectivity index (χ1v) is 18.5. The Hall–Kier alpha value is -4.70. The Kier molecular flexibility index (Phi) is 14.8. The molecule has 4 rings (SSSR count). The predicted octanol–water partition coefficient (Wildman–Crippen LogP) is 5.38. The molecule has 0 bridgehead atoms. The van der Waals surface area contributed by atoms with Crippen molar-refractivity contribution in [3.63, 3.8) is 0 Å². The van der Waals surface area contributed by atoms with Gasteiger partial charge in [0.25, 0.3) is 0 Å². The Bertz CT molecular complexity index is 1580. The molecule has 1 heterocycles. The van der Waals surface area contributed by atoms with Crippen LogP contribution >= 0.6 is 0 Å². The van der Waals surface area contributed by atoms with E-state index in [1.54, 1.807) is 27.7 Å². The van der Waals surface area contributed by atoms with Crippen LogP contribution in [-0.2, 0) is 38.4 Å². The average molecular weight is 712 g/mol. The molecule has 52 heavy (non-hydrogen) atoms. The van der Waals surface area contributed by atoms with Crippen LogP contribution in [0, 0.1) is 0 Å². The van der Waals surface area contributed by atoms with Crippen molar-refractivity contribution in [2.75, 3.05) is 26.7 Å². The molecule has 3 aromatic rings. The second-order valence-corrected chi connectivity index (χ2v) is 14.9. The SMILES string of the molecule is C[C@@H](C(=O)N[C@@H](CCc1ccccc1)C(=O)N1CCC[C@H]1CN(CCc1ccccc1)C(=O)C[C@H](N)Cc1ccccc1)N(C)C(=O)OC(C)(C)C. The third-order valence-corrected chi connectivity index (χ3v) is 9.56. The van der Waals surface area contributed by atoms with E-state index >= 15 is 0 Å². The number of likely N-dealkylation sites (N-methyl/N-ethyl adjacent to an activating group) is 1. The van der Waals surface area contributed by atoms with E-state index in [0.717, 1.165) is 29.5 Å². The Balaban J connectivity index is 1.50. The highest BCUT2D eigenvalue weighted by molar-refractivity contribution is 5.91. The lowest BCUT2D eigenvalue weighted by atomic mass is 10.0. The van der Waals surface area contributed by atoms with Gasteiger partial charge in [-0.15, -0.1) is 0 Å². The topological polar surface area (TPSA) is 125 Å². The fourth-order valence-corrected chi connectivity index (χ4v) is 6.51. The molecular weight excluding hydrogens is 654 g/mol. The molecule has 3 N–H and O–H groups in total. The number of nitrogens with zero attached hydrogens (tertiary/aromatic N) is 3. The van der Waals surface area contributed by atoms with Crippen LogP contribution in [-0.4, -0.2) is 95.0 Å². The molecule has 0 saturated carbocycles. The van der Waals surface area contributed by atoms with Gasteiger partial charge >= 0.3 is 6.09 Å². The number of ether oxygens (including phenoxy) is 1. The number of aryl methyl sites for hydroxylation is 1. The Labute approximate surface area is 309 Å². The van der Waals surface area contributed by atoms with Crippen molar-refractivity contribution < 1.29 is 23.9 Å². The van der Waals surface area contributed by atoms with Crippen LogP contribution in [0.5, 0.6) is 0 Å². The maximum absolute atomic E-state index is 14.4. The van der Waals surface area contributed by atoms with Gasteiger partial charge < -0.3 is 25.6 Å². The minimum atomic E-state index is -0.873. The number of likely N-dealkylation sites (tertiary alicyclic amines) is 1. The van der Waals surface area contributed by atoms with E-state index in [1.165, 1.54) is 11.9 Å². The zero-order valence-corrected chi connectivity index (χ0v) is 31.5. The van der Waals surface area contributed by atoms with E-state index in [1.807, 2.05) is 88.7 Å². The Morgan fingerprint density at radius 1 is 0.885 bits per heavy atom. The summed E-state index contributed by atoms with van der Waals surface area (Å²) in [4.78, 5) is 59.6. The lowest BCUT2D eigenvalue weighted by Gasteiger charge is -2.34. The van der Waals surface area contributed by atoms with Crippen molar-refractivity contribution in [3.8, 4) is 0 Å². The lowest BCUT2D eigenvalue weighted by molar-refractivity contribution is -0.140. The van der Waals surface area contributed by atoms with Gasteiger partial charge in [-0.1, -0.05) is 91.0 Å².